The van der Waals surface area contributed by atoms with Gasteiger partial charge in [0.05, 0.1) is 35.8 Å². The van der Waals surface area contributed by atoms with E-state index >= 15 is 0 Å². The molecule has 2 aliphatic heterocycles. The molecule has 3 atom stereocenters. The topological polar surface area (TPSA) is 150 Å². The van der Waals surface area contributed by atoms with Crippen LogP contribution in [0.25, 0.3) is 0 Å². The minimum Gasteiger partial charge on any atom is -0.493 e. The molecule has 2 aliphatic rings. The zero-order chi connectivity index (χ0) is 32.0. The largest absolute Gasteiger partial charge is 0.493 e. The summed E-state index contributed by atoms with van der Waals surface area (Å²) in [6.07, 6.45) is 0. The van der Waals surface area contributed by atoms with Gasteiger partial charge in [-0.15, -0.1) is 0 Å². The van der Waals surface area contributed by atoms with E-state index in [9.17, 15) is 29.3 Å². The lowest BCUT2D eigenvalue weighted by Gasteiger charge is -2.31. The van der Waals surface area contributed by atoms with E-state index in [1.54, 1.807) is 30.3 Å². The van der Waals surface area contributed by atoms with Crippen molar-refractivity contribution in [3.63, 3.8) is 0 Å². The standard InChI is InChI=1S/C31H26N4O8S2/c1-16-4-7-18(8-5-16)32-23(36)15-33-30-27(45-31(33)39)24(17-6-13-21(42-2)22(14-17)43-3)25-26(44-30)29(38)34(28(25)37)19-9-11-20(12-10-19)35(40)41/h4-14,24-26H,15H2,1-3H3,(H,32,36). The van der Waals surface area contributed by atoms with Crippen LogP contribution in [-0.4, -0.2) is 46.7 Å². The molecular weight excluding hydrogens is 620 g/mol. The average molecular weight is 647 g/mol. The number of nitro groups is 1. The van der Waals surface area contributed by atoms with Crippen LogP contribution < -0.4 is 24.6 Å². The van der Waals surface area contributed by atoms with E-state index in [2.05, 4.69) is 5.32 Å². The number of non-ortho nitro benzene ring substituents is 1. The number of carbonyl (C=O) groups excluding carboxylic acids is 3. The van der Waals surface area contributed by atoms with Gasteiger partial charge in [0.15, 0.2) is 11.5 Å². The van der Waals surface area contributed by atoms with Gasteiger partial charge in [-0.05, 0) is 48.9 Å². The molecule has 6 rings (SSSR count). The lowest BCUT2D eigenvalue weighted by atomic mass is 9.83. The van der Waals surface area contributed by atoms with Crippen LogP contribution >= 0.6 is 23.1 Å². The average Bonchev–Trinajstić information content (AvgIpc) is 3.47. The van der Waals surface area contributed by atoms with Crippen LogP contribution in [0.4, 0.5) is 17.1 Å². The van der Waals surface area contributed by atoms with Crippen LogP contribution in [0.1, 0.15) is 21.9 Å². The van der Waals surface area contributed by atoms with Gasteiger partial charge in [-0.2, -0.15) is 0 Å². The highest BCUT2D eigenvalue weighted by Gasteiger charge is 2.57. The number of benzene rings is 3. The SMILES string of the molecule is COc1ccc(C2c3sc(=O)n(CC(=O)Nc4ccc(C)cc4)c3SC3C(=O)N(c4ccc([N+](=O)[O-])cc4)C(=O)C32)cc1OC. The molecule has 0 saturated carbocycles. The van der Waals surface area contributed by atoms with Crippen molar-refractivity contribution in [2.45, 2.75) is 29.7 Å². The Balaban J connectivity index is 1.43. The molecule has 4 aromatic rings. The molecule has 45 heavy (non-hydrogen) atoms. The van der Waals surface area contributed by atoms with Crippen LogP contribution in [0.15, 0.2) is 76.6 Å². The number of fused-ring (bicyclic) bond motifs is 2. The number of anilines is 2. The van der Waals surface area contributed by atoms with Crippen LogP contribution in [0.3, 0.4) is 0 Å². The number of thioether (sulfide) groups is 1. The molecule has 0 aliphatic carbocycles. The Morgan fingerprint density at radius 1 is 0.956 bits per heavy atom. The number of rotatable bonds is 8. The second kappa shape index (κ2) is 11.9. The van der Waals surface area contributed by atoms with Gasteiger partial charge in [0, 0.05) is 28.6 Å². The number of ether oxygens (including phenoxy) is 2. The van der Waals surface area contributed by atoms with Crippen molar-refractivity contribution in [3.05, 3.63) is 103 Å². The van der Waals surface area contributed by atoms with Crippen molar-refractivity contribution >= 4 is 57.9 Å². The fourth-order valence-corrected chi connectivity index (χ4v) is 8.39. The highest BCUT2D eigenvalue weighted by molar-refractivity contribution is 8.00. The van der Waals surface area contributed by atoms with Crippen molar-refractivity contribution in [3.8, 4) is 11.5 Å². The Labute approximate surface area is 264 Å². The molecule has 3 aromatic carbocycles. The summed E-state index contributed by atoms with van der Waals surface area (Å²) < 4.78 is 12.2. The molecule has 3 heterocycles. The zero-order valence-corrected chi connectivity index (χ0v) is 25.8. The third kappa shape index (κ3) is 5.36. The molecule has 0 bridgehead atoms. The Morgan fingerprint density at radius 2 is 1.64 bits per heavy atom. The summed E-state index contributed by atoms with van der Waals surface area (Å²) in [5.41, 5.74) is 2.25. The lowest BCUT2D eigenvalue weighted by Crippen LogP contribution is -2.33. The molecule has 14 heteroatoms. The highest BCUT2D eigenvalue weighted by atomic mass is 32.2. The Kier molecular flexibility index (Phi) is 7.93. The van der Waals surface area contributed by atoms with Crippen LogP contribution in [0, 0.1) is 23.0 Å². The third-order valence-electron chi connectivity index (χ3n) is 7.77. The van der Waals surface area contributed by atoms with E-state index < -0.39 is 44.6 Å². The number of imide groups is 1. The third-order valence-corrected chi connectivity index (χ3v) is 10.4. The first kappa shape index (κ1) is 30.1. The first-order chi connectivity index (χ1) is 21.6. The molecule has 1 N–H and O–H groups in total. The number of aryl methyl sites for hydroxylation is 1. The first-order valence-electron chi connectivity index (χ1n) is 13.7. The Morgan fingerprint density at radius 3 is 2.29 bits per heavy atom. The summed E-state index contributed by atoms with van der Waals surface area (Å²) in [4.78, 5) is 66.3. The number of hydrogen-bond acceptors (Lipinski definition) is 10. The van der Waals surface area contributed by atoms with Gasteiger partial charge in [-0.25, -0.2) is 4.90 Å². The van der Waals surface area contributed by atoms with E-state index in [0.29, 0.717) is 32.7 Å². The fourth-order valence-electron chi connectivity index (χ4n) is 5.62. The van der Waals surface area contributed by atoms with E-state index in [-0.39, 0.29) is 17.9 Å². The van der Waals surface area contributed by atoms with Gasteiger partial charge >= 0.3 is 4.87 Å². The molecule has 1 aromatic heterocycles. The smallest absolute Gasteiger partial charge is 0.308 e. The summed E-state index contributed by atoms with van der Waals surface area (Å²) in [5.74, 6) is -2.22. The highest BCUT2D eigenvalue weighted by Crippen LogP contribution is 2.54. The summed E-state index contributed by atoms with van der Waals surface area (Å²) in [7, 11) is 2.98. The Bertz CT molecular complexity index is 1900. The predicted octanol–water partition coefficient (Wildman–Crippen LogP) is 4.58. The number of methoxy groups -OCH3 is 2. The van der Waals surface area contributed by atoms with Gasteiger partial charge in [0.2, 0.25) is 17.7 Å². The van der Waals surface area contributed by atoms with Gasteiger partial charge in [-0.3, -0.25) is 33.9 Å². The number of amides is 3. The summed E-state index contributed by atoms with van der Waals surface area (Å²) >= 11 is 2.00. The van der Waals surface area contributed by atoms with Crippen LogP contribution in [-0.2, 0) is 20.9 Å². The van der Waals surface area contributed by atoms with E-state index in [0.717, 1.165) is 33.6 Å². The monoisotopic (exact) mass is 646 g/mol. The maximum atomic E-state index is 14.1. The minimum atomic E-state index is -0.932. The molecular formula is C31H26N4O8S2. The molecule has 1 fully saturated rings. The summed E-state index contributed by atoms with van der Waals surface area (Å²) in [5, 5.41) is 13.5. The number of carbonyl (C=O) groups is 3. The predicted molar refractivity (Wildman–Crippen MR) is 169 cm³/mol. The number of hydrogen-bond donors (Lipinski definition) is 1. The molecule has 0 spiro atoms. The molecule has 1 saturated heterocycles. The van der Waals surface area contributed by atoms with Gasteiger partial charge in [-0.1, -0.05) is 46.9 Å². The van der Waals surface area contributed by atoms with Gasteiger partial charge in [0.1, 0.15) is 11.8 Å². The number of aromatic nitrogens is 1. The van der Waals surface area contributed by atoms with Crippen LogP contribution in [0.5, 0.6) is 11.5 Å². The number of thiazole rings is 1. The lowest BCUT2D eigenvalue weighted by molar-refractivity contribution is -0.384. The number of nitrogens with one attached hydrogen (secondary N) is 1. The van der Waals surface area contributed by atoms with Crippen molar-refractivity contribution in [1.82, 2.24) is 4.57 Å². The van der Waals surface area contributed by atoms with Gasteiger partial charge in [0.25, 0.3) is 5.69 Å². The molecule has 3 unspecified atom stereocenters. The minimum absolute atomic E-state index is 0.178. The number of nitro benzene ring substituents is 1. The summed E-state index contributed by atoms with van der Waals surface area (Å²) in [6.45, 7) is 1.63. The maximum Gasteiger partial charge on any atom is 0.308 e. The first-order valence-corrected chi connectivity index (χ1v) is 15.4. The quantitative estimate of drug-likeness (QED) is 0.165. The van der Waals surface area contributed by atoms with Crippen molar-refractivity contribution in [1.29, 1.82) is 0 Å². The van der Waals surface area contributed by atoms with E-state index in [1.165, 1.54) is 43.1 Å². The zero-order valence-electron chi connectivity index (χ0n) is 24.2. The fraction of sp³-hybridized carbons (Fsp3) is 0.226. The second-order valence-electron chi connectivity index (χ2n) is 10.5. The van der Waals surface area contributed by atoms with E-state index in [1.807, 2.05) is 19.1 Å². The van der Waals surface area contributed by atoms with Gasteiger partial charge < -0.3 is 14.8 Å². The summed E-state index contributed by atoms with van der Waals surface area (Å²) in [6, 6.07) is 17.6. The maximum absolute atomic E-state index is 14.1. The van der Waals surface area contributed by atoms with Crippen molar-refractivity contribution in [2.24, 2.45) is 5.92 Å². The number of nitrogens with zero attached hydrogens (tertiary/aromatic N) is 3. The molecule has 0 radical (unpaired) electrons. The molecule has 230 valence electrons. The Hall–Kier alpha value is -4.95. The normalized spacial score (nSPS) is 18.7. The van der Waals surface area contributed by atoms with Crippen molar-refractivity contribution in [2.75, 3.05) is 24.4 Å². The molecule has 3 amide bonds. The van der Waals surface area contributed by atoms with Crippen molar-refractivity contribution < 1.29 is 28.8 Å². The van der Waals surface area contributed by atoms with E-state index in [4.69, 9.17) is 9.47 Å². The van der Waals surface area contributed by atoms with Crippen LogP contribution in [0.2, 0.25) is 0 Å². The second-order valence-corrected chi connectivity index (χ2v) is 12.6. The molecule has 12 nitrogen and oxygen atoms in total.